The van der Waals surface area contributed by atoms with Crippen molar-refractivity contribution in [2.75, 3.05) is 6.54 Å². The highest BCUT2D eigenvalue weighted by atomic mass is 32.1. The Balaban J connectivity index is 1.46. The lowest BCUT2D eigenvalue weighted by Gasteiger charge is -2.12. The molecule has 3 amide bonds. The lowest BCUT2D eigenvalue weighted by Crippen LogP contribution is -2.34. The maximum Gasteiger partial charge on any atom is 0.236 e. The summed E-state index contributed by atoms with van der Waals surface area (Å²) in [7, 11) is 0. The highest BCUT2D eigenvalue weighted by Gasteiger charge is 2.28. The molecule has 1 fully saturated rings. The molecule has 3 rings (SSSR count). The molecule has 1 N–H and O–H groups in total. The van der Waals surface area contributed by atoms with Crippen LogP contribution >= 0.6 is 11.3 Å². The minimum Gasteiger partial charge on any atom is -0.443 e. The van der Waals surface area contributed by atoms with E-state index in [-0.39, 0.29) is 50.1 Å². The van der Waals surface area contributed by atoms with Gasteiger partial charge in [0.1, 0.15) is 6.26 Å². The van der Waals surface area contributed by atoms with E-state index in [0.29, 0.717) is 11.6 Å². The van der Waals surface area contributed by atoms with Crippen LogP contribution in [0.3, 0.4) is 0 Å². The number of thiophene rings is 1. The molecule has 1 aliphatic rings. The molecule has 0 unspecified atom stereocenters. The van der Waals surface area contributed by atoms with Crippen molar-refractivity contribution >= 4 is 29.1 Å². The Bertz CT molecular complexity index is 707. The number of oxazole rings is 1. The minimum atomic E-state index is -0.238. The quantitative estimate of drug-likeness (QED) is 0.810. The molecule has 0 radical (unpaired) electrons. The summed E-state index contributed by atoms with van der Waals surface area (Å²) in [5.74, 6) is -0.129. The topological polar surface area (TPSA) is 92.5 Å². The smallest absolute Gasteiger partial charge is 0.236 e. The summed E-state index contributed by atoms with van der Waals surface area (Å²) in [4.78, 5) is 41.1. The maximum absolute atomic E-state index is 11.8. The van der Waals surface area contributed by atoms with Crippen LogP contribution < -0.4 is 5.32 Å². The fourth-order valence-electron chi connectivity index (χ4n) is 2.26. The molecule has 7 nitrogen and oxygen atoms in total. The van der Waals surface area contributed by atoms with E-state index in [0.717, 1.165) is 9.78 Å². The molecule has 0 atom stereocenters. The standard InChI is InChI=1S/C15H15N3O4S/c19-12(5-6-18-13(20)3-4-14(18)21)16-8-10-9-22-15(17-10)11-2-1-7-23-11/h1-2,7,9H,3-6,8H2,(H,16,19). The molecule has 0 bridgehead atoms. The Morgan fingerprint density at radius 1 is 1.35 bits per heavy atom. The molecule has 0 aliphatic carbocycles. The average Bonchev–Trinajstić information content (AvgIpc) is 3.25. The van der Waals surface area contributed by atoms with Gasteiger partial charge in [-0.05, 0) is 11.4 Å². The first kappa shape index (κ1) is 15.4. The average molecular weight is 333 g/mol. The third-order valence-corrected chi connectivity index (χ3v) is 4.33. The molecule has 8 heteroatoms. The van der Waals surface area contributed by atoms with Crippen molar-refractivity contribution in [3.8, 4) is 10.8 Å². The van der Waals surface area contributed by atoms with Crippen molar-refractivity contribution in [3.05, 3.63) is 29.5 Å². The Morgan fingerprint density at radius 3 is 2.83 bits per heavy atom. The van der Waals surface area contributed by atoms with Crippen LogP contribution in [0.15, 0.2) is 28.2 Å². The van der Waals surface area contributed by atoms with E-state index < -0.39 is 0 Å². The van der Waals surface area contributed by atoms with Crippen molar-refractivity contribution in [2.45, 2.75) is 25.8 Å². The molecule has 2 aromatic rings. The summed E-state index contributed by atoms with van der Waals surface area (Å²) >= 11 is 1.52. The van der Waals surface area contributed by atoms with Gasteiger partial charge < -0.3 is 9.73 Å². The van der Waals surface area contributed by atoms with Crippen LogP contribution in [0.2, 0.25) is 0 Å². The highest BCUT2D eigenvalue weighted by molar-refractivity contribution is 7.13. The second-order valence-corrected chi connectivity index (χ2v) is 6.03. The van der Waals surface area contributed by atoms with Crippen molar-refractivity contribution in [3.63, 3.8) is 0 Å². The van der Waals surface area contributed by atoms with Crippen LogP contribution in [0.5, 0.6) is 0 Å². The van der Waals surface area contributed by atoms with Gasteiger partial charge in [-0.2, -0.15) is 0 Å². The molecule has 1 aliphatic heterocycles. The van der Waals surface area contributed by atoms with Crippen LogP contribution in [0, 0.1) is 0 Å². The normalized spacial score (nSPS) is 14.5. The van der Waals surface area contributed by atoms with Gasteiger partial charge in [-0.25, -0.2) is 4.98 Å². The number of hydrogen-bond acceptors (Lipinski definition) is 6. The van der Waals surface area contributed by atoms with Crippen molar-refractivity contribution in [1.82, 2.24) is 15.2 Å². The van der Waals surface area contributed by atoms with Crippen LogP contribution in [0.1, 0.15) is 25.0 Å². The Morgan fingerprint density at radius 2 is 2.13 bits per heavy atom. The Labute approximate surface area is 136 Å². The van der Waals surface area contributed by atoms with Gasteiger partial charge in [0.15, 0.2) is 0 Å². The van der Waals surface area contributed by atoms with E-state index in [4.69, 9.17) is 4.42 Å². The number of nitrogens with one attached hydrogen (secondary N) is 1. The van der Waals surface area contributed by atoms with Crippen LogP contribution in [-0.2, 0) is 20.9 Å². The number of aromatic nitrogens is 1. The number of rotatable bonds is 6. The molecular weight excluding hydrogens is 318 g/mol. The van der Waals surface area contributed by atoms with E-state index in [1.54, 1.807) is 0 Å². The zero-order chi connectivity index (χ0) is 16.2. The second-order valence-electron chi connectivity index (χ2n) is 5.09. The number of carbonyl (C=O) groups excluding carboxylic acids is 3. The molecule has 0 saturated carbocycles. The van der Waals surface area contributed by atoms with Crippen molar-refractivity contribution in [1.29, 1.82) is 0 Å². The molecule has 1 saturated heterocycles. The van der Waals surface area contributed by atoms with Gasteiger partial charge >= 0.3 is 0 Å². The van der Waals surface area contributed by atoms with Crippen LogP contribution in [-0.4, -0.2) is 34.2 Å². The monoisotopic (exact) mass is 333 g/mol. The summed E-state index contributed by atoms with van der Waals surface area (Å²) in [5.41, 5.74) is 0.620. The fraction of sp³-hybridized carbons (Fsp3) is 0.333. The van der Waals surface area contributed by atoms with E-state index in [2.05, 4.69) is 10.3 Å². The molecular formula is C15H15N3O4S. The maximum atomic E-state index is 11.8. The van der Waals surface area contributed by atoms with Gasteiger partial charge in [0, 0.05) is 25.8 Å². The second kappa shape index (κ2) is 6.74. The number of imide groups is 1. The zero-order valence-electron chi connectivity index (χ0n) is 12.3. The zero-order valence-corrected chi connectivity index (χ0v) is 13.1. The summed E-state index contributed by atoms with van der Waals surface area (Å²) in [6, 6.07) is 3.81. The SMILES string of the molecule is O=C(CCN1C(=O)CCC1=O)NCc1coc(-c2cccs2)n1. The highest BCUT2D eigenvalue weighted by Crippen LogP contribution is 2.23. The van der Waals surface area contributed by atoms with Gasteiger partial charge in [-0.3, -0.25) is 19.3 Å². The third kappa shape index (κ3) is 3.65. The van der Waals surface area contributed by atoms with E-state index in [1.165, 1.54) is 17.6 Å². The summed E-state index contributed by atoms with van der Waals surface area (Å²) < 4.78 is 5.36. The van der Waals surface area contributed by atoms with Gasteiger partial charge in [0.2, 0.25) is 23.6 Å². The molecule has 23 heavy (non-hydrogen) atoms. The molecule has 0 spiro atoms. The lowest BCUT2D eigenvalue weighted by molar-refractivity contribution is -0.138. The van der Waals surface area contributed by atoms with E-state index >= 15 is 0 Å². The Hall–Kier alpha value is -2.48. The predicted octanol–water partition coefficient (Wildman–Crippen LogP) is 1.56. The number of nitrogens with zero attached hydrogens (tertiary/aromatic N) is 2. The number of hydrogen-bond donors (Lipinski definition) is 1. The summed E-state index contributed by atoms with van der Waals surface area (Å²) in [5, 5.41) is 4.64. The minimum absolute atomic E-state index is 0.0904. The Kier molecular flexibility index (Phi) is 4.52. The molecule has 3 heterocycles. The molecule has 120 valence electrons. The lowest BCUT2D eigenvalue weighted by atomic mass is 10.3. The van der Waals surface area contributed by atoms with Gasteiger partial charge in [0.05, 0.1) is 17.1 Å². The van der Waals surface area contributed by atoms with Gasteiger partial charge in [0.25, 0.3) is 0 Å². The molecule has 0 aromatic carbocycles. The van der Waals surface area contributed by atoms with Gasteiger partial charge in [-0.1, -0.05) is 6.07 Å². The fourth-order valence-corrected chi connectivity index (χ4v) is 2.92. The third-order valence-electron chi connectivity index (χ3n) is 3.47. The first-order valence-electron chi connectivity index (χ1n) is 7.21. The summed E-state index contributed by atoms with van der Waals surface area (Å²) in [6.07, 6.45) is 2.08. The van der Waals surface area contributed by atoms with Crippen molar-refractivity contribution in [2.24, 2.45) is 0 Å². The van der Waals surface area contributed by atoms with Crippen LogP contribution in [0.25, 0.3) is 10.8 Å². The summed E-state index contributed by atoms with van der Waals surface area (Å²) in [6.45, 7) is 0.373. The van der Waals surface area contributed by atoms with Crippen LogP contribution in [0.4, 0.5) is 0 Å². The number of carbonyl (C=O) groups is 3. The van der Waals surface area contributed by atoms with E-state index in [9.17, 15) is 14.4 Å². The van der Waals surface area contributed by atoms with Crippen molar-refractivity contribution < 1.29 is 18.8 Å². The van der Waals surface area contributed by atoms with Gasteiger partial charge in [-0.15, -0.1) is 11.3 Å². The first-order valence-corrected chi connectivity index (χ1v) is 8.09. The number of likely N-dealkylation sites (tertiary alicyclic amines) is 1. The van der Waals surface area contributed by atoms with E-state index in [1.807, 2.05) is 17.5 Å². The largest absolute Gasteiger partial charge is 0.443 e. The first-order chi connectivity index (χ1) is 11.1. The molecule has 2 aromatic heterocycles. The predicted molar refractivity (Wildman–Crippen MR) is 82.2 cm³/mol. The number of amides is 3.